The van der Waals surface area contributed by atoms with Crippen molar-refractivity contribution in [2.24, 2.45) is 5.73 Å². The Hall–Kier alpha value is -5.17. The minimum atomic E-state index is -5.08. The van der Waals surface area contributed by atoms with Gasteiger partial charge in [0.1, 0.15) is 17.8 Å². The second kappa shape index (κ2) is 12.8. The van der Waals surface area contributed by atoms with Crippen LogP contribution in [-0.2, 0) is 17.8 Å². The van der Waals surface area contributed by atoms with Crippen molar-refractivity contribution < 1.29 is 27.9 Å². The molecule has 13 heteroatoms. The molecule has 41 heavy (non-hydrogen) atoms. The number of nitrogens with one attached hydrogen (secondary N) is 2. The number of H-pyrrole nitrogens is 1. The lowest BCUT2D eigenvalue weighted by atomic mass is 9.96. The first-order chi connectivity index (χ1) is 19.7. The number of aromatic nitrogens is 5. The first-order valence-corrected chi connectivity index (χ1v) is 12.2. The summed E-state index contributed by atoms with van der Waals surface area (Å²) < 4.78 is 31.7. The van der Waals surface area contributed by atoms with Gasteiger partial charge in [0.25, 0.3) is 5.91 Å². The van der Waals surface area contributed by atoms with Gasteiger partial charge >= 0.3 is 12.1 Å². The molecule has 0 spiro atoms. The normalized spacial score (nSPS) is 11.0. The van der Waals surface area contributed by atoms with Crippen molar-refractivity contribution in [3.05, 3.63) is 96.3 Å². The van der Waals surface area contributed by atoms with E-state index in [0.29, 0.717) is 41.9 Å². The highest BCUT2D eigenvalue weighted by molar-refractivity contribution is 6.06. The summed E-state index contributed by atoms with van der Waals surface area (Å²) in [4.78, 5) is 35.3. The highest BCUT2D eigenvalue weighted by atomic mass is 19.4. The quantitative estimate of drug-likeness (QED) is 0.230. The number of carboxylic acids is 1. The Morgan fingerprint density at radius 2 is 1.68 bits per heavy atom. The van der Waals surface area contributed by atoms with Crippen LogP contribution < -0.4 is 11.1 Å². The van der Waals surface area contributed by atoms with E-state index in [2.05, 4.69) is 25.5 Å². The summed E-state index contributed by atoms with van der Waals surface area (Å²) in [5, 5.41) is 17.4. The number of aliphatic carboxylic acids is 1. The van der Waals surface area contributed by atoms with E-state index in [0.717, 1.165) is 27.9 Å². The topological polar surface area (TPSA) is 160 Å². The Labute approximate surface area is 231 Å². The Bertz CT molecular complexity index is 1630. The molecule has 0 saturated carbocycles. The number of alkyl halides is 3. The lowest BCUT2D eigenvalue weighted by Crippen LogP contribution is -2.27. The number of hydrogen-bond acceptors (Lipinski definition) is 7. The number of fused-ring (bicyclic) bond motifs is 1. The predicted octanol–water partition coefficient (Wildman–Crippen LogP) is 4.15. The minimum Gasteiger partial charge on any atom is -0.475 e. The van der Waals surface area contributed by atoms with Gasteiger partial charge in [-0.2, -0.15) is 18.3 Å². The Morgan fingerprint density at radius 1 is 0.976 bits per heavy atom. The molecule has 0 radical (unpaired) electrons. The van der Waals surface area contributed by atoms with Gasteiger partial charge in [0.05, 0.1) is 11.2 Å². The average molecular weight is 564 g/mol. The third kappa shape index (κ3) is 7.28. The van der Waals surface area contributed by atoms with Crippen LogP contribution >= 0.6 is 0 Å². The molecule has 0 aliphatic heterocycles. The highest BCUT2D eigenvalue weighted by Gasteiger charge is 2.38. The first kappa shape index (κ1) is 28.8. The zero-order valence-corrected chi connectivity index (χ0v) is 21.4. The number of amides is 1. The van der Waals surface area contributed by atoms with Crippen molar-refractivity contribution in [2.45, 2.75) is 19.1 Å². The number of pyridine rings is 2. The molecule has 0 bridgehead atoms. The van der Waals surface area contributed by atoms with Crippen LogP contribution in [0.3, 0.4) is 0 Å². The van der Waals surface area contributed by atoms with Crippen LogP contribution in [0.15, 0.2) is 79.3 Å². The van der Waals surface area contributed by atoms with Gasteiger partial charge in [-0.25, -0.2) is 14.8 Å². The van der Waals surface area contributed by atoms with Gasteiger partial charge in [-0.3, -0.25) is 14.9 Å². The fraction of sp³-hybridized carbons (Fsp3) is 0.143. The third-order valence-corrected chi connectivity index (χ3v) is 5.86. The summed E-state index contributed by atoms with van der Waals surface area (Å²) in [6.45, 7) is 0.897. The fourth-order valence-electron chi connectivity index (χ4n) is 3.86. The highest BCUT2D eigenvalue weighted by Crippen LogP contribution is 2.34. The van der Waals surface area contributed by atoms with E-state index in [4.69, 9.17) is 20.6 Å². The van der Waals surface area contributed by atoms with Gasteiger partial charge in [0.2, 0.25) is 0 Å². The van der Waals surface area contributed by atoms with Crippen LogP contribution in [0.5, 0.6) is 0 Å². The van der Waals surface area contributed by atoms with Crippen molar-refractivity contribution in [3.8, 4) is 22.4 Å². The number of nitrogens with zero attached hydrogens (tertiary/aromatic N) is 4. The molecule has 2 aromatic carbocycles. The van der Waals surface area contributed by atoms with Gasteiger partial charge in [-0.05, 0) is 23.3 Å². The largest absolute Gasteiger partial charge is 0.490 e. The molecule has 5 N–H and O–H groups in total. The van der Waals surface area contributed by atoms with Gasteiger partial charge in [0.15, 0.2) is 0 Å². The van der Waals surface area contributed by atoms with Crippen LogP contribution in [0.25, 0.3) is 33.3 Å². The zero-order valence-electron chi connectivity index (χ0n) is 21.4. The summed E-state index contributed by atoms with van der Waals surface area (Å²) in [6.07, 6.45) is -1.47. The summed E-state index contributed by atoms with van der Waals surface area (Å²) in [7, 11) is 0. The molecule has 0 aliphatic carbocycles. The van der Waals surface area contributed by atoms with E-state index in [1.807, 2.05) is 66.7 Å². The van der Waals surface area contributed by atoms with Gasteiger partial charge in [0, 0.05) is 42.2 Å². The van der Waals surface area contributed by atoms with Crippen LogP contribution in [0, 0.1) is 0 Å². The Kier molecular flexibility index (Phi) is 8.99. The summed E-state index contributed by atoms with van der Waals surface area (Å²) in [5.74, 6) is -2.30. The molecule has 1 amide bonds. The molecule has 0 fully saturated rings. The van der Waals surface area contributed by atoms with Crippen molar-refractivity contribution in [2.75, 3.05) is 6.54 Å². The lowest BCUT2D eigenvalue weighted by Gasteiger charge is -2.14. The maximum absolute atomic E-state index is 13.0. The number of nitrogens with two attached hydrogens (primary N) is 1. The molecule has 210 valence electrons. The number of rotatable bonds is 7. The van der Waals surface area contributed by atoms with Crippen LogP contribution in [0.4, 0.5) is 13.2 Å². The van der Waals surface area contributed by atoms with Crippen molar-refractivity contribution in [1.82, 2.24) is 30.5 Å². The average Bonchev–Trinajstić information content (AvgIpc) is 3.50. The van der Waals surface area contributed by atoms with Gasteiger partial charge in [-0.1, -0.05) is 54.6 Å². The maximum Gasteiger partial charge on any atom is 0.490 e. The van der Waals surface area contributed by atoms with Gasteiger partial charge in [-0.15, -0.1) is 0 Å². The molecular formula is C28H24F3N7O3. The number of halogens is 3. The molecule has 0 unspecified atom stereocenters. The molecule has 0 atom stereocenters. The van der Waals surface area contributed by atoms with E-state index in [1.165, 1.54) is 6.33 Å². The SMILES string of the molecule is NCc1ccc(-c2nc3ccnc(C(=O)NCCc4ncn[nH]4)c3cc2-c2ccccc2)cc1.O=C(O)C(F)(F)F. The van der Waals surface area contributed by atoms with E-state index in [-0.39, 0.29) is 5.91 Å². The van der Waals surface area contributed by atoms with E-state index in [1.54, 1.807) is 6.20 Å². The fourth-order valence-corrected chi connectivity index (χ4v) is 3.86. The third-order valence-electron chi connectivity index (χ3n) is 5.86. The predicted molar refractivity (Wildman–Crippen MR) is 144 cm³/mol. The summed E-state index contributed by atoms with van der Waals surface area (Å²) in [6, 6.07) is 21.9. The molecule has 0 saturated heterocycles. The van der Waals surface area contributed by atoms with E-state index in [9.17, 15) is 18.0 Å². The minimum absolute atomic E-state index is 0.258. The number of carboxylic acid groups (broad SMARTS) is 1. The second-order valence-corrected chi connectivity index (χ2v) is 8.62. The number of aromatic amines is 1. The first-order valence-electron chi connectivity index (χ1n) is 12.2. The maximum atomic E-state index is 13.0. The summed E-state index contributed by atoms with van der Waals surface area (Å²) in [5.41, 5.74) is 11.6. The molecule has 5 aromatic rings. The van der Waals surface area contributed by atoms with Crippen LogP contribution in [0.2, 0.25) is 0 Å². The van der Waals surface area contributed by atoms with Crippen LogP contribution in [0.1, 0.15) is 21.9 Å². The number of benzene rings is 2. The zero-order chi connectivity index (χ0) is 29.4. The number of hydrogen-bond donors (Lipinski definition) is 4. The molecule has 0 aliphatic rings. The molecular weight excluding hydrogens is 539 g/mol. The monoisotopic (exact) mass is 563 g/mol. The number of carbonyl (C=O) groups excluding carboxylic acids is 1. The Balaban J connectivity index is 0.000000493. The van der Waals surface area contributed by atoms with Gasteiger partial charge < -0.3 is 16.2 Å². The lowest BCUT2D eigenvalue weighted by molar-refractivity contribution is -0.192. The number of carbonyl (C=O) groups is 2. The van der Waals surface area contributed by atoms with Crippen molar-refractivity contribution >= 4 is 22.8 Å². The van der Waals surface area contributed by atoms with Crippen molar-refractivity contribution in [3.63, 3.8) is 0 Å². The molecule has 10 nitrogen and oxygen atoms in total. The van der Waals surface area contributed by atoms with E-state index < -0.39 is 12.1 Å². The molecule has 3 aromatic heterocycles. The Morgan fingerprint density at radius 3 is 2.29 bits per heavy atom. The van der Waals surface area contributed by atoms with Crippen LogP contribution in [-0.4, -0.2) is 54.9 Å². The second-order valence-electron chi connectivity index (χ2n) is 8.62. The smallest absolute Gasteiger partial charge is 0.475 e. The molecule has 3 heterocycles. The van der Waals surface area contributed by atoms with E-state index >= 15 is 0 Å². The molecule has 5 rings (SSSR count). The summed E-state index contributed by atoms with van der Waals surface area (Å²) >= 11 is 0. The van der Waals surface area contributed by atoms with Crippen molar-refractivity contribution in [1.29, 1.82) is 0 Å². The standard InChI is InChI=1S/C26H23N7O.C2HF3O2/c27-15-17-6-8-19(9-7-17)24-20(18-4-2-1-3-5-18)14-21-22(32-24)10-12-28-25(21)26(34)29-13-11-23-30-16-31-33-23;3-2(4,5)1(6)7/h1-10,12,14,16H,11,13,15,27H2,(H,29,34)(H,30,31,33);(H,6,7).